The fourth-order valence-corrected chi connectivity index (χ4v) is 1.78. The Morgan fingerprint density at radius 1 is 0.706 bits per heavy atom. The van der Waals surface area contributed by atoms with Crippen molar-refractivity contribution in [2.75, 3.05) is 0 Å². The van der Waals surface area contributed by atoms with E-state index < -0.39 is 0 Å². The third-order valence-electron chi connectivity index (χ3n) is 2.83. The highest BCUT2D eigenvalue weighted by atomic mass is 16.3. The van der Waals surface area contributed by atoms with Gasteiger partial charge in [-0.05, 0) is 54.8 Å². The maximum absolute atomic E-state index is 9.89. The predicted octanol–water partition coefficient (Wildman–Crippen LogP) is 3.09. The zero-order chi connectivity index (χ0) is 12.6. The van der Waals surface area contributed by atoms with E-state index in [1.54, 1.807) is 6.07 Å². The largest absolute Gasteiger partial charge is 0.508 e. The molecule has 0 aliphatic rings. The Kier molecular flexibility index (Phi) is 2.68. The van der Waals surface area contributed by atoms with Gasteiger partial charge in [0.25, 0.3) is 0 Å². The average molecular weight is 230 g/mol. The van der Waals surface area contributed by atoms with E-state index in [4.69, 9.17) is 0 Å². The molecule has 3 N–H and O–H groups in total. The lowest BCUT2D eigenvalue weighted by Crippen LogP contribution is -1.85. The van der Waals surface area contributed by atoms with Crippen LogP contribution in [-0.2, 0) is 0 Å². The molecule has 0 heterocycles. The first-order valence-corrected chi connectivity index (χ1v) is 5.31. The molecular formula is C14H14O3. The number of rotatable bonds is 1. The fourth-order valence-electron chi connectivity index (χ4n) is 1.78. The van der Waals surface area contributed by atoms with Gasteiger partial charge in [0, 0.05) is 11.6 Å². The summed E-state index contributed by atoms with van der Waals surface area (Å²) < 4.78 is 0. The molecule has 0 unspecified atom stereocenters. The number of hydrogen-bond acceptors (Lipinski definition) is 3. The second-order valence-electron chi connectivity index (χ2n) is 4.19. The summed E-state index contributed by atoms with van der Waals surface area (Å²) in [4.78, 5) is 0. The van der Waals surface area contributed by atoms with Crippen molar-refractivity contribution < 1.29 is 15.3 Å². The first-order valence-electron chi connectivity index (χ1n) is 5.31. The molecular weight excluding hydrogens is 216 g/mol. The predicted molar refractivity (Wildman–Crippen MR) is 66.3 cm³/mol. The van der Waals surface area contributed by atoms with E-state index in [2.05, 4.69) is 0 Å². The van der Waals surface area contributed by atoms with Crippen LogP contribution in [0.5, 0.6) is 17.2 Å². The standard InChI is InChI=1S/C14H14O3/c1-8-3-13(14(17)4-9(8)2)10-5-11(15)7-12(16)6-10/h3-7,15-17H,1-2H3. The monoisotopic (exact) mass is 230 g/mol. The Hall–Kier alpha value is -2.16. The molecule has 2 aromatic rings. The van der Waals surface area contributed by atoms with Crippen molar-refractivity contribution in [3.8, 4) is 28.4 Å². The number of benzene rings is 2. The van der Waals surface area contributed by atoms with Crippen molar-refractivity contribution in [2.24, 2.45) is 0 Å². The van der Waals surface area contributed by atoms with E-state index >= 15 is 0 Å². The van der Waals surface area contributed by atoms with Crippen molar-refractivity contribution in [3.63, 3.8) is 0 Å². The van der Waals surface area contributed by atoms with Crippen LogP contribution in [0, 0.1) is 13.8 Å². The lowest BCUT2D eigenvalue weighted by atomic mass is 9.99. The summed E-state index contributed by atoms with van der Waals surface area (Å²) in [5.74, 6) is 0.0772. The second kappa shape index (κ2) is 4.01. The van der Waals surface area contributed by atoms with E-state index in [1.165, 1.54) is 18.2 Å². The molecule has 0 aromatic heterocycles. The molecule has 2 aromatic carbocycles. The van der Waals surface area contributed by atoms with Crippen LogP contribution >= 0.6 is 0 Å². The maximum atomic E-state index is 9.89. The molecule has 0 spiro atoms. The highest BCUT2D eigenvalue weighted by Crippen LogP contribution is 2.35. The number of phenols is 3. The van der Waals surface area contributed by atoms with Crippen LogP contribution in [0.25, 0.3) is 11.1 Å². The summed E-state index contributed by atoms with van der Waals surface area (Å²) in [6.07, 6.45) is 0. The molecule has 0 aliphatic carbocycles. The third-order valence-corrected chi connectivity index (χ3v) is 2.83. The third kappa shape index (κ3) is 2.18. The van der Waals surface area contributed by atoms with Gasteiger partial charge < -0.3 is 15.3 Å². The zero-order valence-corrected chi connectivity index (χ0v) is 9.73. The maximum Gasteiger partial charge on any atom is 0.123 e. The molecule has 0 aliphatic heterocycles. The first kappa shape index (κ1) is 11.3. The van der Waals surface area contributed by atoms with E-state index in [9.17, 15) is 15.3 Å². The van der Waals surface area contributed by atoms with Crippen molar-refractivity contribution in [3.05, 3.63) is 41.5 Å². The molecule has 2 rings (SSSR count). The fraction of sp³-hybridized carbons (Fsp3) is 0.143. The Morgan fingerprint density at radius 2 is 1.24 bits per heavy atom. The van der Waals surface area contributed by atoms with Crippen LogP contribution in [0.15, 0.2) is 30.3 Å². The minimum atomic E-state index is -0.0300. The molecule has 0 atom stereocenters. The number of aromatic hydroxyl groups is 3. The van der Waals surface area contributed by atoms with Crippen molar-refractivity contribution in [2.45, 2.75) is 13.8 Å². The van der Waals surface area contributed by atoms with Gasteiger partial charge in [0.2, 0.25) is 0 Å². The molecule has 88 valence electrons. The summed E-state index contributed by atoms with van der Waals surface area (Å²) in [6.45, 7) is 3.86. The Bertz CT molecular complexity index is 554. The van der Waals surface area contributed by atoms with Gasteiger partial charge in [-0.15, -0.1) is 0 Å². The molecule has 17 heavy (non-hydrogen) atoms. The molecule has 0 fully saturated rings. The molecule has 0 bridgehead atoms. The number of aryl methyl sites for hydroxylation is 2. The summed E-state index contributed by atoms with van der Waals surface area (Å²) in [5, 5.41) is 28.7. The smallest absolute Gasteiger partial charge is 0.123 e. The van der Waals surface area contributed by atoms with Gasteiger partial charge in [-0.1, -0.05) is 0 Å². The second-order valence-corrected chi connectivity index (χ2v) is 4.19. The quantitative estimate of drug-likeness (QED) is 0.705. The van der Waals surface area contributed by atoms with Gasteiger partial charge in [-0.3, -0.25) is 0 Å². The van der Waals surface area contributed by atoms with Crippen LogP contribution in [-0.4, -0.2) is 15.3 Å². The summed E-state index contributed by atoms with van der Waals surface area (Å²) in [6, 6.07) is 7.76. The van der Waals surface area contributed by atoms with E-state index in [0.717, 1.165) is 11.1 Å². The van der Waals surface area contributed by atoms with E-state index in [0.29, 0.717) is 11.1 Å². The molecule has 0 amide bonds. The van der Waals surface area contributed by atoms with Crippen LogP contribution in [0.1, 0.15) is 11.1 Å². The number of hydrogen-bond donors (Lipinski definition) is 3. The highest BCUT2D eigenvalue weighted by molar-refractivity contribution is 5.73. The van der Waals surface area contributed by atoms with E-state index in [1.807, 2.05) is 19.9 Å². The number of phenolic OH excluding ortho intramolecular Hbond substituents is 3. The summed E-state index contributed by atoms with van der Waals surface area (Å²) in [7, 11) is 0. The molecule has 0 saturated heterocycles. The first-order chi connectivity index (χ1) is 7.97. The molecule has 0 saturated carbocycles. The SMILES string of the molecule is Cc1cc(O)c(-c2cc(O)cc(O)c2)cc1C. The van der Waals surface area contributed by atoms with Gasteiger partial charge in [0.1, 0.15) is 17.2 Å². The van der Waals surface area contributed by atoms with Crippen molar-refractivity contribution in [1.82, 2.24) is 0 Å². The van der Waals surface area contributed by atoms with Crippen molar-refractivity contribution >= 4 is 0 Å². The summed E-state index contributed by atoms with van der Waals surface area (Å²) >= 11 is 0. The lowest BCUT2D eigenvalue weighted by Gasteiger charge is -2.09. The minimum Gasteiger partial charge on any atom is -0.508 e. The minimum absolute atomic E-state index is 0.0300. The molecule has 0 radical (unpaired) electrons. The average Bonchev–Trinajstić information content (AvgIpc) is 2.22. The van der Waals surface area contributed by atoms with Gasteiger partial charge in [0.05, 0.1) is 0 Å². The van der Waals surface area contributed by atoms with E-state index in [-0.39, 0.29) is 17.2 Å². The van der Waals surface area contributed by atoms with Gasteiger partial charge >= 0.3 is 0 Å². The topological polar surface area (TPSA) is 60.7 Å². The van der Waals surface area contributed by atoms with Crippen LogP contribution in [0.3, 0.4) is 0 Å². The normalized spacial score (nSPS) is 10.5. The van der Waals surface area contributed by atoms with Crippen LogP contribution in [0.2, 0.25) is 0 Å². The Balaban J connectivity index is 2.64. The van der Waals surface area contributed by atoms with Gasteiger partial charge in [0.15, 0.2) is 0 Å². The molecule has 3 nitrogen and oxygen atoms in total. The van der Waals surface area contributed by atoms with Gasteiger partial charge in [-0.25, -0.2) is 0 Å². The Labute approximate surface area is 99.6 Å². The van der Waals surface area contributed by atoms with Gasteiger partial charge in [-0.2, -0.15) is 0 Å². The highest BCUT2D eigenvalue weighted by Gasteiger charge is 2.08. The lowest BCUT2D eigenvalue weighted by molar-refractivity contribution is 0.451. The molecule has 3 heteroatoms. The van der Waals surface area contributed by atoms with Crippen LogP contribution in [0.4, 0.5) is 0 Å². The van der Waals surface area contributed by atoms with Crippen molar-refractivity contribution in [1.29, 1.82) is 0 Å². The zero-order valence-electron chi connectivity index (χ0n) is 9.73. The summed E-state index contributed by atoms with van der Waals surface area (Å²) in [5.41, 5.74) is 3.22. The van der Waals surface area contributed by atoms with Crippen LogP contribution < -0.4 is 0 Å². The Morgan fingerprint density at radius 3 is 1.82 bits per heavy atom.